The molecule has 1 aromatic carbocycles. The lowest BCUT2D eigenvalue weighted by Crippen LogP contribution is -2.35. The van der Waals surface area contributed by atoms with E-state index in [0.717, 1.165) is 38.9 Å². The van der Waals surface area contributed by atoms with Gasteiger partial charge >= 0.3 is 0 Å². The summed E-state index contributed by atoms with van der Waals surface area (Å²) in [6, 6.07) is 8.57. The van der Waals surface area contributed by atoms with Gasteiger partial charge in [0.05, 0.1) is 0 Å². The average Bonchev–Trinajstić information content (AvgIpc) is 2.84. The first kappa shape index (κ1) is 15.8. The topological polar surface area (TPSA) is 58.4 Å². The van der Waals surface area contributed by atoms with Crippen molar-refractivity contribution < 1.29 is 4.79 Å². The number of fused-ring (bicyclic) bond motifs is 1. The molecule has 1 aliphatic rings. The fourth-order valence-electron chi connectivity index (χ4n) is 2.66. The minimum absolute atomic E-state index is 0.107. The van der Waals surface area contributed by atoms with E-state index in [4.69, 9.17) is 5.73 Å². The Hall–Kier alpha value is -1.55. The number of carbonyl (C=O) groups excluding carboxylic acids is 1. The standard InChI is InChI=1S/C17H27N3O/c1-17(2,18)10-8-16(21)19-11-5-12-20-13-9-14-6-3-4-7-15(14)20/h3-4,6-7H,5,8-13,18H2,1-2H3,(H,19,21). The van der Waals surface area contributed by atoms with Gasteiger partial charge in [0, 0.05) is 37.3 Å². The Balaban J connectivity index is 1.64. The van der Waals surface area contributed by atoms with E-state index >= 15 is 0 Å². The number of nitrogens with zero attached hydrogens (tertiary/aromatic N) is 1. The third-order valence-corrected chi connectivity index (χ3v) is 3.91. The molecular weight excluding hydrogens is 262 g/mol. The molecule has 116 valence electrons. The van der Waals surface area contributed by atoms with Crippen molar-refractivity contribution in [3.05, 3.63) is 29.8 Å². The lowest BCUT2D eigenvalue weighted by molar-refractivity contribution is -0.121. The number of benzene rings is 1. The van der Waals surface area contributed by atoms with Crippen LogP contribution in [0.2, 0.25) is 0 Å². The second-order valence-electron chi connectivity index (χ2n) is 6.56. The van der Waals surface area contributed by atoms with Crippen LogP contribution in [0.25, 0.3) is 0 Å². The maximum atomic E-state index is 11.7. The molecule has 1 amide bonds. The zero-order valence-corrected chi connectivity index (χ0v) is 13.2. The third-order valence-electron chi connectivity index (χ3n) is 3.91. The van der Waals surface area contributed by atoms with Gasteiger partial charge in [0.25, 0.3) is 0 Å². The van der Waals surface area contributed by atoms with E-state index in [1.165, 1.54) is 11.3 Å². The van der Waals surface area contributed by atoms with Gasteiger partial charge in [-0.2, -0.15) is 0 Å². The van der Waals surface area contributed by atoms with Gasteiger partial charge in [0.1, 0.15) is 0 Å². The van der Waals surface area contributed by atoms with E-state index in [9.17, 15) is 4.79 Å². The summed E-state index contributed by atoms with van der Waals surface area (Å²) in [7, 11) is 0. The minimum atomic E-state index is -0.267. The van der Waals surface area contributed by atoms with Gasteiger partial charge in [-0.15, -0.1) is 0 Å². The largest absolute Gasteiger partial charge is 0.371 e. The monoisotopic (exact) mass is 289 g/mol. The van der Waals surface area contributed by atoms with Gasteiger partial charge in [-0.3, -0.25) is 4.79 Å². The number of nitrogens with two attached hydrogens (primary N) is 1. The zero-order chi connectivity index (χ0) is 15.3. The molecule has 0 aromatic heterocycles. The molecule has 0 spiro atoms. The number of anilines is 1. The second-order valence-corrected chi connectivity index (χ2v) is 6.56. The van der Waals surface area contributed by atoms with Crippen LogP contribution in [-0.4, -0.2) is 31.1 Å². The Morgan fingerprint density at radius 3 is 2.90 bits per heavy atom. The number of carbonyl (C=O) groups is 1. The lowest BCUT2D eigenvalue weighted by atomic mass is 10.00. The summed E-state index contributed by atoms with van der Waals surface area (Å²) < 4.78 is 0. The zero-order valence-electron chi connectivity index (χ0n) is 13.2. The highest BCUT2D eigenvalue weighted by Gasteiger charge is 2.17. The summed E-state index contributed by atoms with van der Waals surface area (Å²) >= 11 is 0. The SMILES string of the molecule is CC(C)(N)CCC(=O)NCCCN1CCc2ccccc21. The summed E-state index contributed by atoms with van der Waals surface area (Å²) in [5.41, 5.74) is 8.40. The Kier molecular flexibility index (Phi) is 5.23. The molecule has 0 saturated heterocycles. The van der Waals surface area contributed by atoms with Crippen LogP contribution in [0.15, 0.2) is 24.3 Å². The molecule has 0 radical (unpaired) electrons. The van der Waals surface area contributed by atoms with E-state index in [-0.39, 0.29) is 11.4 Å². The molecule has 1 heterocycles. The number of hydrogen-bond donors (Lipinski definition) is 2. The third kappa shape index (κ3) is 5.05. The van der Waals surface area contributed by atoms with Gasteiger partial charge in [0.2, 0.25) is 5.91 Å². The van der Waals surface area contributed by atoms with Crippen molar-refractivity contribution in [3.8, 4) is 0 Å². The van der Waals surface area contributed by atoms with Crippen LogP contribution in [0.3, 0.4) is 0 Å². The molecule has 4 nitrogen and oxygen atoms in total. The molecule has 3 N–H and O–H groups in total. The Labute approximate surface area is 127 Å². The van der Waals surface area contributed by atoms with Crippen molar-refractivity contribution in [2.45, 2.75) is 45.1 Å². The molecule has 21 heavy (non-hydrogen) atoms. The Morgan fingerprint density at radius 1 is 1.38 bits per heavy atom. The van der Waals surface area contributed by atoms with Crippen LogP contribution in [-0.2, 0) is 11.2 Å². The normalized spacial score (nSPS) is 14.1. The van der Waals surface area contributed by atoms with Crippen molar-refractivity contribution in [2.24, 2.45) is 5.73 Å². The number of amides is 1. The van der Waals surface area contributed by atoms with E-state index in [1.54, 1.807) is 0 Å². The van der Waals surface area contributed by atoms with Gasteiger partial charge in [-0.05, 0) is 44.7 Å². The van der Waals surface area contributed by atoms with Gasteiger partial charge in [-0.1, -0.05) is 18.2 Å². The maximum Gasteiger partial charge on any atom is 0.220 e. The summed E-state index contributed by atoms with van der Waals surface area (Å²) in [6.07, 6.45) is 3.34. The van der Waals surface area contributed by atoms with E-state index in [0.29, 0.717) is 6.42 Å². The lowest BCUT2D eigenvalue weighted by Gasteiger charge is -2.20. The van der Waals surface area contributed by atoms with E-state index in [2.05, 4.69) is 34.5 Å². The van der Waals surface area contributed by atoms with Crippen LogP contribution in [0.1, 0.15) is 38.7 Å². The van der Waals surface area contributed by atoms with Crippen LogP contribution >= 0.6 is 0 Å². The van der Waals surface area contributed by atoms with Crippen LogP contribution in [0.5, 0.6) is 0 Å². The summed E-state index contributed by atoms with van der Waals surface area (Å²) in [5.74, 6) is 0.107. The first-order valence-corrected chi connectivity index (χ1v) is 7.84. The van der Waals surface area contributed by atoms with Crippen LogP contribution in [0.4, 0.5) is 5.69 Å². The highest BCUT2D eigenvalue weighted by atomic mass is 16.1. The minimum Gasteiger partial charge on any atom is -0.371 e. The second kappa shape index (κ2) is 6.94. The molecule has 0 fully saturated rings. The Bertz CT molecular complexity index is 479. The van der Waals surface area contributed by atoms with Crippen molar-refractivity contribution >= 4 is 11.6 Å². The van der Waals surface area contributed by atoms with Gasteiger partial charge in [0.15, 0.2) is 0 Å². The highest BCUT2D eigenvalue weighted by Crippen LogP contribution is 2.27. The van der Waals surface area contributed by atoms with E-state index < -0.39 is 0 Å². The Morgan fingerprint density at radius 2 is 2.14 bits per heavy atom. The van der Waals surface area contributed by atoms with Gasteiger partial charge < -0.3 is 16.0 Å². The van der Waals surface area contributed by atoms with Crippen molar-refractivity contribution in [1.82, 2.24) is 5.32 Å². The van der Waals surface area contributed by atoms with Crippen molar-refractivity contribution in [2.75, 3.05) is 24.5 Å². The molecule has 1 aliphatic heterocycles. The fourth-order valence-corrected chi connectivity index (χ4v) is 2.66. The van der Waals surface area contributed by atoms with Crippen molar-refractivity contribution in [1.29, 1.82) is 0 Å². The smallest absolute Gasteiger partial charge is 0.220 e. The predicted molar refractivity (Wildman–Crippen MR) is 87.5 cm³/mol. The molecule has 0 bridgehead atoms. The molecular formula is C17H27N3O. The van der Waals surface area contributed by atoms with Crippen molar-refractivity contribution in [3.63, 3.8) is 0 Å². The number of hydrogen-bond acceptors (Lipinski definition) is 3. The van der Waals surface area contributed by atoms with Gasteiger partial charge in [-0.25, -0.2) is 0 Å². The fraction of sp³-hybridized carbons (Fsp3) is 0.588. The molecule has 2 rings (SSSR count). The predicted octanol–water partition coefficient (Wildman–Crippen LogP) is 2.07. The molecule has 0 unspecified atom stereocenters. The summed E-state index contributed by atoms with van der Waals surface area (Å²) in [6.45, 7) is 6.73. The maximum absolute atomic E-state index is 11.7. The average molecular weight is 289 g/mol. The first-order valence-electron chi connectivity index (χ1n) is 7.84. The van der Waals surface area contributed by atoms with Crippen LogP contribution < -0.4 is 16.0 Å². The molecule has 0 atom stereocenters. The number of nitrogens with one attached hydrogen (secondary N) is 1. The molecule has 4 heteroatoms. The highest BCUT2D eigenvalue weighted by molar-refractivity contribution is 5.75. The number of rotatable bonds is 7. The summed E-state index contributed by atoms with van der Waals surface area (Å²) in [5, 5.41) is 2.98. The molecule has 0 aliphatic carbocycles. The first-order chi connectivity index (χ1) is 9.96. The molecule has 0 saturated carbocycles. The van der Waals surface area contributed by atoms with Crippen LogP contribution in [0, 0.1) is 0 Å². The number of para-hydroxylation sites is 1. The molecule has 1 aromatic rings. The summed E-state index contributed by atoms with van der Waals surface area (Å²) in [4.78, 5) is 14.1. The van der Waals surface area contributed by atoms with E-state index in [1.807, 2.05) is 13.8 Å². The quantitative estimate of drug-likeness (QED) is 0.756.